The zero-order chi connectivity index (χ0) is 11.4. The molecule has 0 N–H and O–H groups in total. The van der Waals surface area contributed by atoms with E-state index in [2.05, 4.69) is 52.8 Å². The van der Waals surface area contributed by atoms with Crippen molar-refractivity contribution in [1.82, 2.24) is 0 Å². The fraction of sp³-hybridized carbons (Fsp3) is 0.571. The lowest BCUT2D eigenvalue weighted by Crippen LogP contribution is -2.07. The molecule has 15 heavy (non-hydrogen) atoms. The second-order valence-corrected chi connectivity index (χ2v) is 4.50. The Morgan fingerprint density at radius 2 is 1.87 bits per heavy atom. The zero-order valence-corrected chi connectivity index (χ0v) is 10.5. The van der Waals surface area contributed by atoms with Gasteiger partial charge in [-0.2, -0.15) is 0 Å². The van der Waals surface area contributed by atoms with Gasteiger partial charge in [0, 0.05) is 0 Å². The van der Waals surface area contributed by atoms with Crippen LogP contribution in [0.3, 0.4) is 0 Å². The van der Waals surface area contributed by atoms with Crippen molar-refractivity contribution in [3.8, 4) is 5.75 Å². The van der Waals surface area contributed by atoms with Crippen LogP contribution in [-0.2, 0) is 0 Å². The van der Waals surface area contributed by atoms with Crippen LogP contribution in [0.2, 0.25) is 0 Å². The molecule has 0 aliphatic rings. The maximum atomic E-state index is 5.71. The van der Waals surface area contributed by atoms with Gasteiger partial charge in [-0.25, -0.2) is 0 Å². The van der Waals surface area contributed by atoms with E-state index in [1.165, 1.54) is 17.5 Å². The van der Waals surface area contributed by atoms with Gasteiger partial charge in [0.05, 0.1) is 6.10 Å². The van der Waals surface area contributed by atoms with Crippen LogP contribution >= 0.6 is 0 Å². The number of benzene rings is 1. The molecular weight excluding hydrogens is 184 g/mol. The summed E-state index contributed by atoms with van der Waals surface area (Å²) >= 11 is 0. The van der Waals surface area contributed by atoms with Crippen molar-refractivity contribution in [3.05, 3.63) is 29.3 Å². The number of rotatable bonds is 4. The van der Waals surface area contributed by atoms with Gasteiger partial charge in [0.25, 0.3) is 0 Å². The zero-order valence-electron chi connectivity index (χ0n) is 10.5. The molecule has 1 nitrogen and oxygen atoms in total. The summed E-state index contributed by atoms with van der Waals surface area (Å²) in [4.78, 5) is 0. The number of hydrogen-bond acceptors (Lipinski definition) is 1. The normalized spacial score (nSPS) is 12.9. The molecule has 0 bridgehead atoms. The fourth-order valence-electron chi connectivity index (χ4n) is 1.60. The second-order valence-electron chi connectivity index (χ2n) is 4.50. The van der Waals surface area contributed by atoms with Gasteiger partial charge in [0.1, 0.15) is 5.75 Å². The Kier molecular flexibility index (Phi) is 4.19. The molecule has 0 aliphatic carbocycles. The number of aryl methyl sites for hydroxylation is 1. The molecule has 84 valence electrons. The second kappa shape index (κ2) is 5.20. The van der Waals surface area contributed by atoms with Gasteiger partial charge in [-0.1, -0.05) is 26.0 Å². The highest BCUT2D eigenvalue weighted by molar-refractivity contribution is 5.37. The highest BCUT2D eigenvalue weighted by atomic mass is 16.5. The minimum Gasteiger partial charge on any atom is -0.491 e. The van der Waals surface area contributed by atoms with Gasteiger partial charge in [0.15, 0.2) is 0 Å². The molecule has 0 fully saturated rings. The molecule has 0 amide bonds. The van der Waals surface area contributed by atoms with Gasteiger partial charge >= 0.3 is 0 Å². The van der Waals surface area contributed by atoms with Crippen molar-refractivity contribution in [2.24, 2.45) is 0 Å². The van der Waals surface area contributed by atoms with Gasteiger partial charge < -0.3 is 4.74 Å². The van der Waals surface area contributed by atoms with Gasteiger partial charge in [-0.05, 0) is 50.3 Å². The van der Waals surface area contributed by atoms with E-state index < -0.39 is 0 Å². The van der Waals surface area contributed by atoms with E-state index >= 15 is 0 Å². The van der Waals surface area contributed by atoms with Crippen molar-refractivity contribution < 1.29 is 4.74 Å². The summed E-state index contributed by atoms with van der Waals surface area (Å²) < 4.78 is 5.71. The van der Waals surface area contributed by atoms with Crippen LogP contribution in [0.4, 0.5) is 0 Å². The van der Waals surface area contributed by atoms with Crippen molar-refractivity contribution in [3.63, 3.8) is 0 Å². The minimum absolute atomic E-state index is 0.248. The molecule has 0 aromatic heterocycles. The lowest BCUT2D eigenvalue weighted by atomic mass is 9.97. The van der Waals surface area contributed by atoms with Crippen LogP contribution in [0.1, 0.15) is 51.2 Å². The maximum Gasteiger partial charge on any atom is 0.122 e. The van der Waals surface area contributed by atoms with Gasteiger partial charge in [0.2, 0.25) is 0 Å². The molecular formula is C14H22O. The molecule has 1 atom stereocenters. The molecule has 1 heteroatoms. The highest BCUT2D eigenvalue weighted by Gasteiger charge is 2.06. The van der Waals surface area contributed by atoms with E-state index in [4.69, 9.17) is 4.74 Å². The Bertz CT molecular complexity index is 315. The third kappa shape index (κ3) is 3.26. The third-order valence-corrected chi connectivity index (χ3v) is 2.74. The standard InChI is InChI=1S/C14H22O/c1-6-11(4)13-7-8-14(12(5)9-13)15-10(2)3/h7-11H,6H2,1-5H3. The summed E-state index contributed by atoms with van der Waals surface area (Å²) in [5.74, 6) is 1.65. The van der Waals surface area contributed by atoms with E-state index in [1.54, 1.807) is 0 Å². The Morgan fingerprint density at radius 1 is 1.20 bits per heavy atom. The quantitative estimate of drug-likeness (QED) is 0.714. The first kappa shape index (κ1) is 12.1. The number of ether oxygens (including phenoxy) is 1. The topological polar surface area (TPSA) is 9.23 Å². The van der Waals surface area contributed by atoms with Crippen molar-refractivity contribution >= 4 is 0 Å². The third-order valence-electron chi connectivity index (χ3n) is 2.74. The van der Waals surface area contributed by atoms with Crippen LogP contribution < -0.4 is 4.74 Å². The Labute approximate surface area is 93.5 Å². The summed E-state index contributed by atoms with van der Waals surface area (Å²) in [6.45, 7) is 10.7. The van der Waals surface area contributed by atoms with Crippen LogP contribution in [0.5, 0.6) is 5.75 Å². The van der Waals surface area contributed by atoms with Crippen LogP contribution in [0, 0.1) is 6.92 Å². The average Bonchev–Trinajstić information content (AvgIpc) is 2.19. The molecule has 0 saturated carbocycles. The first-order valence-corrected chi connectivity index (χ1v) is 5.81. The largest absolute Gasteiger partial charge is 0.491 e. The molecule has 0 aliphatic heterocycles. The summed E-state index contributed by atoms with van der Waals surface area (Å²) in [7, 11) is 0. The van der Waals surface area contributed by atoms with Crippen molar-refractivity contribution in [2.75, 3.05) is 0 Å². The smallest absolute Gasteiger partial charge is 0.122 e. The van der Waals surface area contributed by atoms with E-state index in [0.29, 0.717) is 5.92 Å². The molecule has 1 aromatic rings. The summed E-state index contributed by atoms with van der Waals surface area (Å²) in [5.41, 5.74) is 2.65. The maximum absolute atomic E-state index is 5.71. The SMILES string of the molecule is CCC(C)c1ccc(OC(C)C)c(C)c1. The molecule has 1 unspecified atom stereocenters. The van der Waals surface area contributed by atoms with Crippen LogP contribution in [-0.4, -0.2) is 6.10 Å². The lowest BCUT2D eigenvalue weighted by Gasteiger charge is -2.15. The molecule has 0 saturated heterocycles. The first-order chi connectivity index (χ1) is 7.04. The Balaban J connectivity index is 2.88. The Morgan fingerprint density at radius 3 is 2.33 bits per heavy atom. The average molecular weight is 206 g/mol. The monoisotopic (exact) mass is 206 g/mol. The molecule has 0 radical (unpaired) electrons. The van der Waals surface area contributed by atoms with Crippen LogP contribution in [0.15, 0.2) is 18.2 Å². The highest BCUT2D eigenvalue weighted by Crippen LogP contribution is 2.25. The molecule has 1 aromatic carbocycles. The van der Waals surface area contributed by atoms with Crippen molar-refractivity contribution in [1.29, 1.82) is 0 Å². The molecule has 0 spiro atoms. The molecule has 0 heterocycles. The van der Waals surface area contributed by atoms with E-state index in [0.717, 1.165) is 5.75 Å². The van der Waals surface area contributed by atoms with Crippen LogP contribution in [0.25, 0.3) is 0 Å². The molecule has 1 rings (SSSR count). The summed E-state index contributed by atoms with van der Waals surface area (Å²) in [5, 5.41) is 0. The van der Waals surface area contributed by atoms with E-state index in [-0.39, 0.29) is 6.10 Å². The lowest BCUT2D eigenvalue weighted by molar-refractivity contribution is 0.240. The van der Waals surface area contributed by atoms with E-state index in [1.807, 2.05) is 0 Å². The van der Waals surface area contributed by atoms with Crippen molar-refractivity contribution in [2.45, 2.75) is 53.1 Å². The Hall–Kier alpha value is -0.980. The first-order valence-electron chi connectivity index (χ1n) is 5.81. The van der Waals surface area contributed by atoms with Gasteiger partial charge in [-0.15, -0.1) is 0 Å². The predicted molar refractivity (Wildman–Crippen MR) is 65.6 cm³/mol. The fourth-order valence-corrected chi connectivity index (χ4v) is 1.60. The van der Waals surface area contributed by atoms with E-state index in [9.17, 15) is 0 Å². The summed E-state index contributed by atoms with van der Waals surface area (Å²) in [6, 6.07) is 6.52. The minimum atomic E-state index is 0.248. The van der Waals surface area contributed by atoms with Gasteiger partial charge in [-0.3, -0.25) is 0 Å². The summed E-state index contributed by atoms with van der Waals surface area (Å²) in [6.07, 6.45) is 1.43. The predicted octanol–water partition coefficient (Wildman–Crippen LogP) is 4.30. The number of hydrogen-bond donors (Lipinski definition) is 0.